The highest BCUT2D eigenvalue weighted by Gasteiger charge is 2.38. The second kappa shape index (κ2) is 12.4. The SMILES string of the molecule is CCOC(=O)C1CCCN(c2ccc(C(=O)N3c4ccccc4[C@H](N(C(C)=O)c4ccc(Cl)cc4)C[C@@H]3C)cc2)C1. The third kappa shape index (κ3) is 5.96. The van der Waals surface area contributed by atoms with Crippen molar-refractivity contribution in [2.75, 3.05) is 34.4 Å². The van der Waals surface area contributed by atoms with Crippen LogP contribution in [-0.2, 0) is 14.3 Å². The Morgan fingerprint density at radius 3 is 2.39 bits per heavy atom. The minimum Gasteiger partial charge on any atom is -0.466 e. The number of fused-ring (bicyclic) bond motifs is 1. The Balaban J connectivity index is 1.39. The summed E-state index contributed by atoms with van der Waals surface area (Å²) in [6, 6.07) is 22.4. The predicted octanol–water partition coefficient (Wildman–Crippen LogP) is 6.65. The van der Waals surface area contributed by atoms with E-state index in [0.717, 1.165) is 42.0 Å². The third-order valence-electron chi connectivity index (χ3n) is 8.06. The van der Waals surface area contributed by atoms with E-state index in [1.807, 2.05) is 79.4 Å². The normalized spacial score (nSPS) is 20.2. The molecule has 0 bridgehead atoms. The minimum absolute atomic E-state index is 0.0717. The molecule has 41 heavy (non-hydrogen) atoms. The number of piperidine rings is 1. The molecule has 5 rings (SSSR count). The van der Waals surface area contributed by atoms with Gasteiger partial charge in [0, 0.05) is 53.7 Å². The monoisotopic (exact) mass is 573 g/mol. The Hall–Kier alpha value is -3.84. The highest BCUT2D eigenvalue weighted by molar-refractivity contribution is 6.30. The lowest BCUT2D eigenvalue weighted by Crippen LogP contribution is -2.47. The van der Waals surface area contributed by atoms with E-state index in [1.165, 1.54) is 0 Å². The molecule has 2 heterocycles. The van der Waals surface area contributed by atoms with E-state index in [-0.39, 0.29) is 35.8 Å². The van der Waals surface area contributed by atoms with Gasteiger partial charge in [0.05, 0.1) is 18.6 Å². The van der Waals surface area contributed by atoms with Crippen LogP contribution in [-0.4, -0.2) is 43.5 Å². The maximum Gasteiger partial charge on any atom is 0.310 e. The Bertz CT molecular complexity index is 1410. The van der Waals surface area contributed by atoms with Crippen LogP contribution in [0.1, 0.15) is 62.0 Å². The number of esters is 1. The lowest BCUT2D eigenvalue weighted by Gasteiger charge is -2.43. The zero-order valence-corrected chi connectivity index (χ0v) is 24.5. The number of rotatable bonds is 6. The van der Waals surface area contributed by atoms with Crippen molar-refractivity contribution in [3.63, 3.8) is 0 Å². The third-order valence-corrected chi connectivity index (χ3v) is 8.31. The molecule has 0 aliphatic carbocycles. The van der Waals surface area contributed by atoms with Crippen molar-refractivity contribution in [3.8, 4) is 0 Å². The number of hydrogen-bond acceptors (Lipinski definition) is 5. The van der Waals surface area contributed by atoms with Crippen molar-refractivity contribution in [2.24, 2.45) is 5.92 Å². The first-order chi connectivity index (χ1) is 19.8. The molecule has 0 aromatic heterocycles. The zero-order valence-electron chi connectivity index (χ0n) is 23.8. The topological polar surface area (TPSA) is 70.2 Å². The van der Waals surface area contributed by atoms with Crippen LogP contribution in [0.4, 0.5) is 17.1 Å². The van der Waals surface area contributed by atoms with Gasteiger partial charge in [-0.3, -0.25) is 14.4 Å². The summed E-state index contributed by atoms with van der Waals surface area (Å²) in [5.74, 6) is -0.429. The summed E-state index contributed by atoms with van der Waals surface area (Å²) in [6.45, 7) is 7.29. The van der Waals surface area contributed by atoms with Crippen LogP contribution in [0.5, 0.6) is 0 Å². The van der Waals surface area contributed by atoms with Crippen LogP contribution in [0.3, 0.4) is 0 Å². The number of halogens is 1. The number of carbonyl (C=O) groups excluding carboxylic acids is 3. The van der Waals surface area contributed by atoms with Gasteiger partial charge in [-0.2, -0.15) is 0 Å². The fourth-order valence-corrected chi connectivity index (χ4v) is 6.26. The first-order valence-electron chi connectivity index (χ1n) is 14.3. The van der Waals surface area contributed by atoms with Crippen LogP contribution in [0.25, 0.3) is 0 Å². The molecule has 7 nitrogen and oxygen atoms in total. The Morgan fingerprint density at radius 1 is 1.00 bits per heavy atom. The second-order valence-corrected chi connectivity index (χ2v) is 11.2. The molecule has 0 N–H and O–H groups in total. The van der Waals surface area contributed by atoms with Crippen LogP contribution >= 0.6 is 11.6 Å². The van der Waals surface area contributed by atoms with Gasteiger partial charge in [-0.15, -0.1) is 0 Å². The lowest BCUT2D eigenvalue weighted by atomic mass is 9.89. The quantitative estimate of drug-likeness (QED) is 0.309. The van der Waals surface area contributed by atoms with Gasteiger partial charge in [-0.05, 0) is 93.3 Å². The van der Waals surface area contributed by atoms with Crippen LogP contribution in [0.15, 0.2) is 72.8 Å². The highest BCUT2D eigenvalue weighted by Crippen LogP contribution is 2.43. The number of carbonyl (C=O) groups is 3. The van der Waals surface area contributed by atoms with Crippen molar-refractivity contribution < 1.29 is 19.1 Å². The van der Waals surface area contributed by atoms with Gasteiger partial charge in [0.2, 0.25) is 5.91 Å². The molecule has 1 unspecified atom stereocenters. The van der Waals surface area contributed by atoms with E-state index in [1.54, 1.807) is 24.0 Å². The average molecular weight is 574 g/mol. The van der Waals surface area contributed by atoms with E-state index in [9.17, 15) is 14.4 Å². The number of hydrogen-bond donors (Lipinski definition) is 0. The molecule has 3 atom stereocenters. The van der Waals surface area contributed by atoms with Gasteiger partial charge < -0.3 is 19.4 Å². The standard InChI is InChI=1S/C33H36ClN3O4/c1-4-41-33(40)25-8-7-19-35(21-25)27-15-11-24(12-16-27)32(39)36-22(2)20-31(29-9-5-6-10-30(29)36)37(23(3)38)28-17-13-26(34)14-18-28/h5-6,9-18,22,25,31H,4,7-8,19-21H2,1-3H3/t22-,25?,31+/m0/s1. The van der Waals surface area contributed by atoms with Crippen LogP contribution in [0.2, 0.25) is 5.02 Å². The van der Waals surface area contributed by atoms with E-state index in [4.69, 9.17) is 16.3 Å². The van der Waals surface area contributed by atoms with E-state index >= 15 is 0 Å². The van der Waals surface area contributed by atoms with Crippen molar-refractivity contribution >= 4 is 46.4 Å². The summed E-state index contributed by atoms with van der Waals surface area (Å²) in [6.07, 6.45) is 2.34. The predicted molar refractivity (Wildman–Crippen MR) is 163 cm³/mol. The number of amides is 2. The second-order valence-electron chi connectivity index (χ2n) is 10.8. The molecule has 1 fully saturated rings. The smallest absolute Gasteiger partial charge is 0.310 e. The van der Waals surface area contributed by atoms with Gasteiger partial charge in [-0.25, -0.2) is 0 Å². The largest absolute Gasteiger partial charge is 0.466 e. The first-order valence-corrected chi connectivity index (χ1v) is 14.7. The van der Waals surface area contributed by atoms with Gasteiger partial charge >= 0.3 is 5.97 Å². The molecule has 8 heteroatoms. The summed E-state index contributed by atoms with van der Waals surface area (Å²) >= 11 is 6.11. The molecule has 2 aliphatic rings. The van der Waals surface area contributed by atoms with Gasteiger partial charge in [0.15, 0.2) is 0 Å². The van der Waals surface area contributed by atoms with Gasteiger partial charge in [0.25, 0.3) is 5.91 Å². The number of para-hydroxylation sites is 1. The Morgan fingerprint density at radius 2 is 1.71 bits per heavy atom. The van der Waals surface area contributed by atoms with Gasteiger partial charge in [-0.1, -0.05) is 29.8 Å². The summed E-state index contributed by atoms with van der Waals surface area (Å²) in [4.78, 5) is 45.0. The summed E-state index contributed by atoms with van der Waals surface area (Å²) < 4.78 is 5.24. The van der Waals surface area contributed by atoms with Crippen LogP contribution in [0, 0.1) is 5.92 Å². The van der Waals surface area contributed by atoms with Crippen molar-refractivity contribution in [1.82, 2.24) is 0 Å². The van der Waals surface area contributed by atoms with Crippen LogP contribution < -0.4 is 14.7 Å². The zero-order chi connectivity index (χ0) is 29.1. The fourth-order valence-electron chi connectivity index (χ4n) is 6.14. The molecule has 0 radical (unpaired) electrons. The van der Waals surface area contributed by atoms with E-state index < -0.39 is 0 Å². The average Bonchev–Trinajstić information content (AvgIpc) is 2.98. The molecule has 3 aromatic carbocycles. The van der Waals surface area contributed by atoms with E-state index in [0.29, 0.717) is 30.2 Å². The number of ether oxygens (including phenoxy) is 1. The first kappa shape index (κ1) is 28.7. The molecule has 2 aliphatic heterocycles. The maximum absolute atomic E-state index is 13.9. The molecule has 214 valence electrons. The molecule has 0 saturated carbocycles. The van der Waals surface area contributed by atoms with Gasteiger partial charge in [0.1, 0.15) is 0 Å². The summed E-state index contributed by atoms with van der Waals surface area (Å²) in [5, 5.41) is 0.608. The van der Waals surface area contributed by atoms with Crippen molar-refractivity contribution in [1.29, 1.82) is 0 Å². The molecular weight excluding hydrogens is 538 g/mol. The highest BCUT2D eigenvalue weighted by atomic mass is 35.5. The minimum atomic E-state index is -0.224. The van der Waals surface area contributed by atoms with Crippen molar-refractivity contribution in [2.45, 2.75) is 52.1 Å². The molecular formula is C33H36ClN3O4. The Kier molecular flexibility index (Phi) is 8.64. The number of benzene rings is 3. The van der Waals surface area contributed by atoms with E-state index in [2.05, 4.69) is 4.90 Å². The summed E-state index contributed by atoms with van der Waals surface area (Å²) in [5.41, 5.74) is 4.08. The molecule has 3 aromatic rings. The fraction of sp³-hybridized carbons (Fsp3) is 0.364. The number of anilines is 3. The Labute approximate surface area is 246 Å². The lowest BCUT2D eigenvalue weighted by molar-refractivity contribution is -0.148. The number of nitrogens with zero attached hydrogens (tertiary/aromatic N) is 3. The summed E-state index contributed by atoms with van der Waals surface area (Å²) in [7, 11) is 0. The molecule has 1 saturated heterocycles. The molecule has 2 amide bonds. The van der Waals surface area contributed by atoms with Crippen molar-refractivity contribution in [3.05, 3.63) is 88.9 Å². The molecule has 0 spiro atoms. The maximum atomic E-state index is 13.9.